The molecule has 1 aliphatic rings. The maximum absolute atomic E-state index is 11.7. The molecular weight excluding hydrogens is 659 g/mol. The number of rotatable bonds is 9. The molecule has 1 radical (unpaired) electrons. The molecule has 1 heterocycles. The molecule has 0 unspecified atom stereocenters. The van der Waals surface area contributed by atoms with Gasteiger partial charge >= 0.3 is 0 Å². The summed E-state index contributed by atoms with van der Waals surface area (Å²) in [5, 5.41) is 12.0. The Hall–Kier alpha value is -2.29. The summed E-state index contributed by atoms with van der Waals surface area (Å²) >= 11 is 0. The molecule has 0 saturated heterocycles. The number of benzene rings is 2. The second-order valence-electron chi connectivity index (χ2n) is 10.8. The number of ketones is 1. The number of hydrogen-bond acceptors (Lipinski definition) is 3. The molecule has 3 aromatic rings. The van der Waals surface area contributed by atoms with E-state index < -0.39 is 0 Å². The number of aryl methyl sites for hydroxylation is 2. The van der Waals surface area contributed by atoms with E-state index in [2.05, 4.69) is 55.2 Å². The minimum absolute atomic E-state index is 0. The molecule has 0 spiro atoms. The standard InChI is InChI=1S/C22H22N.C13H24O2.Ir/c1-15-11-16(2)13-20(12-15)22-21-8-7-18(17-5-3-4-6-17)14-19(21)9-10-23-22;1-5-10(6-2)12(14)9-13(15)11(7-3)8-4;/h7-12,14,17H,3-6H2,1-2H3;9-11,14H,5-8H2,1-4H3;/q-1;;/i10D;;. The van der Waals surface area contributed by atoms with Crippen molar-refractivity contribution in [2.24, 2.45) is 11.8 Å². The maximum Gasteiger partial charge on any atom is 0.162 e. The van der Waals surface area contributed by atoms with Crippen LogP contribution in [0.2, 0.25) is 0 Å². The van der Waals surface area contributed by atoms with Crippen molar-refractivity contribution < 1.29 is 31.4 Å². The Morgan fingerprint density at radius 3 is 2.26 bits per heavy atom. The van der Waals surface area contributed by atoms with E-state index in [4.69, 9.17) is 1.37 Å². The van der Waals surface area contributed by atoms with Gasteiger partial charge in [-0.2, -0.15) is 0 Å². The zero-order valence-corrected chi connectivity index (χ0v) is 27.0. The number of nitrogens with zero attached hydrogens (tertiary/aromatic N) is 1. The van der Waals surface area contributed by atoms with Gasteiger partial charge < -0.3 is 10.1 Å². The number of carbonyl (C=O) groups is 1. The van der Waals surface area contributed by atoms with Gasteiger partial charge in [0, 0.05) is 44.2 Å². The van der Waals surface area contributed by atoms with Crippen molar-refractivity contribution in [3.8, 4) is 11.3 Å². The monoisotopic (exact) mass is 706 g/mol. The zero-order valence-electron chi connectivity index (χ0n) is 25.6. The van der Waals surface area contributed by atoms with Gasteiger partial charge in [-0.3, -0.25) is 4.79 Å². The molecule has 0 amide bonds. The van der Waals surface area contributed by atoms with Gasteiger partial charge in [0.2, 0.25) is 0 Å². The van der Waals surface area contributed by atoms with E-state index in [-0.39, 0.29) is 43.5 Å². The van der Waals surface area contributed by atoms with Crippen LogP contribution in [0.3, 0.4) is 0 Å². The van der Waals surface area contributed by atoms with E-state index in [0.717, 1.165) is 53.3 Å². The van der Waals surface area contributed by atoms with Crippen molar-refractivity contribution in [1.82, 2.24) is 4.98 Å². The van der Waals surface area contributed by atoms with Crippen molar-refractivity contribution in [2.75, 3.05) is 0 Å². The van der Waals surface area contributed by atoms with Crippen LogP contribution in [0, 0.1) is 31.7 Å². The first kappa shape index (κ1) is 31.2. The van der Waals surface area contributed by atoms with E-state index in [0.29, 0.717) is 12.1 Å². The fourth-order valence-electron chi connectivity index (χ4n) is 5.66. The largest absolute Gasteiger partial charge is 0.512 e. The normalized spacial score (nSPS) is 14.3. The summed E-state index contributed by atoms with van der Waals surface area (Å²) < 4.78 is 8.13. The number of fused-ring (bicyclic) bond motifs is 1. The molecule has 213 valence electrons. The van der Waals surface area contributed by atoms with Gasteiger partial charge in [-0.15, -0.1) is 34.9 Å². The molecule has 1 N–H and O–H groups in total. The minimum atomic E-state index is 0. The van der Waals surface area contributed by atoms with Gasteiger partial charge in [0.05, 0.1) is 7.13 Å². The molecule has 1 aromatic heterocycles. The zero-order chi connectivity index (χ0) is 28.5. The summed E-state index contributed by atoms with van der Waals surface area (Å²) in [6, 6.07) is 16.3. The molecule has 4 rings (SSSR count). The first-order valence-corrected chi connectivity index (χ1v) is 14.6. The average molecular weight is 706 g/mol. The number of aliphatic hydroxyl groups is 1. The summed E-state index contributed by atoms with van der Waals surface area (Å²) in [6.45, 7) is 12.2. The molecule has 2 aromatic carbocycles. The third kappa shape index (κ3) is 8.85. The summed E-state index contributed by atoms with van der Waals surface area (Å²) in [4.78, 5) is 16.2. The van der Waals surface area contributed by atoms with Crippen LogP contribution in [-0.2, 0) is 24.9 Å². The molecule has 1 aliphatic carbocycles. The van der Waals surface area contributed by atoms with Gasteiger partial charge in [-0.05, 0) is 72.5 Å². The van der Waals surface area contributed by atoms with Gasteiger partial charge in [-0.1, -0.05) is 72.6 Å². The van der Waals surface area contributed by atoms with Crippen LogP contribution in [0.4, 0.5) is 0 Å². The molecule has 0 aliphatic heterocycles. The Morgan fingerprint density at radius 2 is 1.67 bits per heavy atom. The quantitative estimate of drug-likeness (QED) is 0.137. The molecule has 4 heteroatoms. The fourth-order valence-corrected chi connectivity index (χ4v) is 5.66. The Bertz CT molecular complexity index is 1270. The van der Waals surface area contributed by atoms with Crippen LogP contribution in [0.25, 0.3) is 22.0 Å². The summed E-state index contributed by atoms with van der Waals surface area (Å²) in [5.74, 6) is 1.24. The van der Waals surface area contributed by atoms with E-state index >= 15 is 0 Å². The van der Waals surface area contributed by atoms with Crippen molar-refractivity contribution in [2.45, 2.75) is 98.8 Å². The smallest absolute Gasteiger partial charge is 0.162 e. The van der Waals surface area contributed by atoms with Crippen molar-refractivity contribution in [3.63, 3.8) is 0 Å². The number of aromatic nitrogens is 1. The van der Waals surface area contributed by atoms with Gasteiger partial charge in [0.25, 0.3) is 0 Å². The van der Waals surface area contributed by atoms with E-state index in [1.54, 1.807) is 0 Å². The van der Waals surface area contributed by atoms with Gasteiger partial charge in [-0.25, -0.2) is 0 Å². The summed E-state index contributed by atoms with van der Waals surface area (Å²) in [7, 11) is 0. The summed E-state index contributed by atoms with van der Waals surface area (Å²) in [6.07, 6.45) is 10.5. The van der Waals surface area contributed by atoms with Crippen LogP contribution < -0.4 is 0 Å². The van der Waals surface area contributed by atoms with Crippen LogP contribution >= 0.6 is 0 Å². The van der Waals surface area contributed by atoms with Crippen molar-refractivity contribution >= 4 is 16.6 Å². The van der Waals surface area contributed by atoms with Crippen molar-refractivity contribution in [3.05, 3.63) is 77.2 Å². The van der Waals surface area contributed by atoms with Gasteiger partial charge in [0.15, 0.2) is 5.78 Å². The Kier molecular flexibility index (Phi) is 12.9. The first-order chi connectivity index (χ1) is 18.7. The molecule has 39 heavy (non-hydrogen) atoms. The summed E-state index contributed by atoms with van der Waals surface area (Å²) in [5.41, 5.74) is 5.59. The Morgan fingerprint density at radius 1 is 1.03 bits per heavy atom. The minimum Gasteiger partial charge on any atom is -0.512 e. The van der Waals surface area contributed by atoms with Crippen LogP contribution in [0.15, 0.2) is 54.4 Å². The van der Waals surface area contributed by atoms with Crippen molar-refractivity contribution in [1.29, 1.82) is 0 Å². The number of allylic oxidation sites excluding steroid dienone is 2. The number of carbonyl (C=O) groups excluding carboxylic acids is 1. The molecule has 0 bridgehead atoms. The Labute approximate surface area is 251 Å². The van der Waals surface area contributed by atoms with E-state index in [1.807, 2.05) is 33.8 Å². The topological polar surface area (TPSA) is 50.2 Å². The molecule has 0 atom stereocenters. The molecular formula is C35H46IrNO2-. The van der Waals surface area contributed by atoms with Gasteiger partial charge in [0.1, 0.15) is 0 Å². The van der Waals surface area contributed by atoms with Crippen LogP contribution in [-0.4, -0.2) is 15.9 Å². The average Bonchev–Trinajstić information content (AvgIpc) is 3.44. The molecule has 1 saturated carbocycles. The predicted molar refractivity (Wildman–Crippen MR) is 161 cm³/mol. The fraction of sp³-hybridized carbons (Fsp3) is 0.486. The Balaban J connectivity index is 0.000000307. The molecule has 1 fully saturated rings. The second kappa shape index (κ2) is 16.1. The number of hydrogen-bond donors (Lipinski definition) is 1. The number of aliphatic hydroxyl groups excluding tert-OH is 1. The van der Waals surface area contributed by atoms with E-state index in [1.165, 1.54) is 42.9 Å². The van der Waals surface area contributed by atoms with Crippen LogP contribution in [0.1, 0.15) is 103 Å². The second-order valence-corrected chi connectivity index (χ2v) is 10.8. The molecule has 3 nitrogen and oxygen atoms in total. The maximum atomic E-state index is 11.7. The SMILES string of the molecule is CCC(CC)C(=O)C=C(O)C(CC)CC.[2H]c1cc2cc(C3CCCC3)ccc2c(-c2[c-]c(C)cc(C)c2)n1.[Ir]. The predicted octanol–water partition coefficient (Wildman–Crippen LogP) is 9.84. The van der Waals surface area contributed by atoms with Crippen LogP contribution in [0.5, 0.6) is 0 Å². The van der Waals surface area contributed by atoms with E-state index in [9.17, 15) is 9.90 Å². The first-order valence-electron chi connectivity index (χ1n) is 15.1. The third-order valence-electron chi connectivity index (χ3n) is 8.04. The number of pyridine rings is 1. The third-order valence-corrected chi connectivity index (χ3v) is 8.04.